The van der Waals surface area contributed by atoms with Crippen molar-refractivity contribution >= 4 is 52.8 Å². The highest BCUT2D eigenvalue weighted by atomic mass is 35.5. The molecule has 11 heteroatoms. The average Bonchev–Trinajstić information content (AvgIpc) is 3.18. The van der Waals surface area contributed by atoms with Gasteiger partial charge in [0.1, 0.15) is 0 Å². The number of methoxy groups -OCH3 is 1. The molecule has 1 unspecified atom stereocenters. The number of carbonyl (C=O) groups excluding carboxylic acids is 3. The molecule has 4 heterocycles. The molecule has 0 bridgehead atoms. The molecule has 1 aromatic heterocycles. The summed E-state index contributed by atoms with van der Waals surface area (Å²) in [5.74, 6) is 1.35. The Morgan fingerprint density at radius 2 is 1.53 bits per heavy atom. The standard InChI is InChI=1S/C34H41Cl2N5O4/c1-45-33(43)29-18-24-17-25(35)2-3-27(24)32(31-28(29)19-26(36)20-38-31)40-14-8-23(9-15-40)22-6-12-39(13-7-22)30(42)16-21-4-10-41(11-5-21)34(37)44/h2-3,17-23,32H,4-16H2,1H3,(H2,37,44). The topological polar surface area (TPSA) is 109 Å². The van der Waals surface area contributed by atoms with E-state index in [1.54, 1.807) is 17.2 Å². The summed E-state index contributed by atoms with van der Waals surface area (Å²) in [6.07, 6.45) is 9.95. The van der Waals surface area contributed by atoms with E-state index in [9.17, 15) is 14.4 Å². The molecular weight excluding hydrogens is 613 g/mol. The smallest absolute Gasteiger partial charge is 0.338 e. The molecule has 0 spiro atoms. The molecule has 3 aliphatic heterocycles. The molecule has 0 radical (unpaired) electrons. The second-order valence-electron chi connectivity index (χ2n) is 12.9. The van der Waals surface area contributed by atoms with Crippen molar-refractivity contribution in [2.45, 2.75) is 51.0 Å². The Balaban J connectivity index is 1.10. The number of benzene rings is 1. The summed E-state index contributed by atoms with van der Waals surface area (Å²) in [6, 6.07) is 7.11. The molecule has 1 atom stereocenters. The lowest BCUT2D eigenvalue weighted by molar-refractivity contribution is -0.134. The molecule has 2 N–H and O–H groups in total. The van der Waals surface area contributed by atoms with Gasteiger partial charge in [-0.05, 0) is 105 Å². The Kier molecular flexibility index (Phi) is 9.68. The molecule has 3 saturated heterocycles. The fourth-order valence-corrected chi connectivity index (χ4v) is 8.17. The van der Waals surface area contributed by atoms with Crippen molar-refractivity contribution in [1.29, 1.82) is 0 Å². The predicted octanol–water partition coefficient (Wildman–Crippen LogP) is 5.64. The summed E-state index contributed by atoms with van der Waals surface area (Å²) in [4.78, 5) is 48.4. The zero-order valence-corrected chi connectivity index (χ0v) is 27.2. The quantitative estimate of drug-likeness (QED) is 0.419. The number of ether oxygens (including phenoxy) is 1. The minimum absolute atomic E-state index is 0.154. The van der Waals surface area contributed by atoms with E-state index < -0.39 is 5.97 Å². The maximum absolute atomic E-state index is 13.1. The second kappa shape index (κ2) is 13.7. The lowest BCUT2D eigenvalue weighted by atomic mass is 9.78. The molecule has 4 aliphatic rings. The van der Waals surface area contributed by atoms with Crippen LogP contribution in [0.15, 0.2) is 30.5 Å². The van der Waals surface area contributed by atoms with Gasteiger partial charge >= 0.3 is 12.0 Å². The highest BCUT2D eigenvalue weighted by Crippen LogP contribution is 2.43. The van der Waals surface area contributed by atoms with E-state index in [2.05, 4.69) is 9.80 Å². The maximum Gasteiger partial charge on any atom is 0.338 e. The number of esters is 1. The number of piperidine rings is 3. The van der Waals surface area contributed by atoms with Crippen molar-refractivity contribution in [3.05, 3.63) is 62.9 Å². The number of amides is 3. The van der Waals surface area contributed by atoms with E-state index in [1.807, 2.05) is 24.3 Å². The van der Waals surface area contributed by atoms with Crippen LogP contribution < -0.4 is 5.73 Å². The van der Waals surface area contributed by atoms with E-state index in [4.69, 9.17) is 38.7 Å². The summed E-state index contributed by atoms with van der Waals surface area (Å²) in [6.45, 7) is 4.73. The van der Waals surface area contributed by atoms with Crippen LogP contribution in [0.1, 0.15) is 73.4 Å². The number of aromatic nitrogens is 1. The summed E-state index contributed by atoms with van der Waals surface area (Å²) in [5, 5.41) is 1.06. The fourth-order valence-electron chi connectivity index (χ4n) is 7.83. The third kappa shape index (κ3) is 6.86. The van der Waals surface area contributed by atoms with Gasteiger partial charge in [-0.15, -0.1) is 0 Å². The van der Waals surface area contributed by atoms with Gasteiger partial charge < -0.3 is 20.3 Å². The van der Waals surface area contributed by atoms with E-state index in [0.717, 1.165) is 81.5 Å². The average molecular weight is 655 g/mol. The minimum Gasteiger partial charge on any atom is -0.465 e. The van der Waals surface area contributed by atoms with Crippen LogP contribution in [-0.2, 0) is 14.3 Å². The zero-order chi connectivity index (χ0) is 31.7. The van der Waals surface area contributed by atoms with Crippen LogP contribution in [0, 0.1) is 17.8 Å². The van der Waals surface area contributed by atoms with Gasteiger partial charge in [0, 0.05) is 49.4 Å². The Morgan fingerprint density at radius 3 is 2.18 bits per heavy atom. The maximum atomic E-state index is 13.1. The minimum atomic E-state index is -0.441. The molecule has 3 fully saturated rings. The van der Waals surface area contributed by atoms with Crippen LogP contribution in [-0.4, -0.2) is 84.0 Å². The van der Waals surface area contributed by atoms with Gasteiger partial charge in [-0.1, -0.05) is 29.3 Å². The Labute approximate surface area is 274 Å². The molecule has 2 aromatic rings. The first-order chi connectivity index (χ1) is 21.7. The van der Waals surface area contributed by atoms with Crippen molar-refractivity contribution in [3.8, 4) is 0 Å². The number of urea groups is 1. The highest BCUT2D eigenvalue weighted by Gasteiger charge is 2.37. The first kappa shape index (κ1) is 31.8. The normalized spacial score (nSPS) is 21.8. The van der Waals surface area contributed by atoms with Crippen LogP contribution in [0.2, 0.25) is 10.0 Å². The van der Waals surface area contributed by atoms with Crippen LogP contribution >= 0.6 is 23.2 Å². The lowest BCUT2D eigenvalue weighted by Gasteiger charge is -2.43. The first-order valence-electron chi connectivity index (χ1n) is 16.0. The lowest BCUT2D eigenvalue weighted by Crippen LogP contribution is -2.45. The van der Waals surface area contributed by atoms with Crippen LogP contribution in [0.5, 0.6) is 0 Å². The summed E-state index contributed by atoms with van der Waals surface area (Å²) in [7, 11) is 1.38. The number of pyridine rings is 1. The summed E-state index contributed by atoms with van der Waals surface area (Å²) < 4.78 is 5.15. The monoisotopic (exact) mass is 653 g/mol. The van der Waals surface area contributed by atoms with Gasteiger partial charge in [-0.25, -0.2) is 9.59 Å². The molecule has 6 rings (SSSR count). The number of rotatable bonds is 5. The first-order valence-corrected chi connectivity index (χ1v) is 16.8. The number of carbonyl (C=O) groups is 3. The summed E-state index contributed by atoms with van der Waals surface area (Å²) >= 11 is 12.8. The highest BCUT2D eigenvalue weighted by molar-refractivity contribution is 6.32. The van der Waals surface area contributed by atoms with Crippen molar-refractivity contribution in [3.63, 3.8) is 0 Å². The number of hydrogen-bond acceptors (Lipinski definition) is 6. The number of nitrogens with two attached hydrogens (primary N) is 1. The summed E-state index contributed by atoms with van der Waals surface area (Å²) in [5.41, 5.74) is 9.23. The van der Waals surface area contributed by atoms with Crippen molar-refractivity contribution < 1.29 is 19.1 Å². The van der Waals surface area contributed by atoms with Gasteiger partial charge in [0.05, 0.1) is 29.4 Å². The Hall–Kier alpha value is -3.14. The number of hydrogen-bond donors (Lipinski definition) is 1. The molecule has 9 nitrogen and oxygen atoms in total. The van der Waals surface area contributed by atoms with E-state index in [1.165, 1.54) is 7.11 Å². The van der Waals surface area contributed by atoms with Crippen LogP contribution in [0.3, 0.4) is 0 Å². The Morgan fingerprint density at radius 1 is 0.889 bits per heavy atom. The van der Waals surface area contributed by atoms with E-state index in [0.29, 0.717) is 58.4 Å². The van der Waals surface area contributed by atoms with Crippen molar-refractivity contribution in [1.82, 2.24) is 19.7 Å². The van der Waals surface area contributed by atoms with Gasteiger partial charge in [0.15, 0.2) is 0 Å². The van der Waals surface area contributed by atoms with E-state index >= 15 is 0 Å². The number of halogens is 2. The Bertz CT molecular complexity index is 1470. The zero-order valence-electron chi connectivity index (χ0n) is 25.7. The number of likely N-dealkylation sites (tertiary alicyclic amines) is 3. The third-order valence-corrected chi connectivity index (χ3v) is 10.8. The molecule has 45 heavy (non-hydrogen) atoms. The van der Waals surface area contributed by atoms with Gasteiger partial charge in [-0.3, -0.25) is 14.7 Å². The molecule has 1 aromatic carbocycles. The van der Waals surface area contributed by atoms with Gasteiger partial charge in [0.2, 0.25) is 5.91 Å². The van der Waals surface area contributed by atoms with Crippen LogP contribution in [0.25, 0.3) is 11.6 Å². The second-order valence-corrected chi connectivity index (χ2v) is 13.7. The van der Waals surface area contributed by atoms with Crippen molar-refractivity contribution in [2.75, 3.05) is 46.4 Å². The van der Waals surface area contributed by atoms with Crippen molar-refractivity contribution in [2.24, 2.45) is 23.5 Å². The molecule has 1 aliphatic carbocycles. The molecule has 3 amide bonds. The van der Waals surface area contributed by atoms with Gasteiger partial charge in [0.25, 0.3) is 0 Å². The SMILES string of the molecule is COC(=O)C1=Cc2cc(Cl)ccc2C(N2CCC(C3CCN(C(=O)CC4CCN(C(N)=O)CC4)CC3)CC2)c2ncc(Cl)cc21. The molecule has 240 valence electrons. The number of primary amides is 1. The number of nitrogens with zero attached hydrogens (tertiary/aromatic N) is 4. The van der Waals surface area contributed by atoms with Crippen LogP contribution in [0.4, 0.5) is 4.79 Å². The number of fused-ring (bicyclic) bond motifs is 2. The largest absolute Gasteiger partial charge is 0.465 e. The molecule has 0 saturated carbocycles. The fraction of sp³-hybridized carbons (Fsp3) is 0.529. The predicted molar refractivity (Wildman–Crippen MR) is 175 cm³/mol. The van der Waals surface area contributed by atoms with E-state index in [-0.39, 0.29) is 18.0 Å². The molecular formula is C34H41Cl2N5O4. The third-order valence-electron chi connectivity index (χ3n) is 10.4. The van der Waals surface area contributed by atoms with Gasteiger partial charge in [-0.2, -0.15) is 0 Å².